The summed E-state index contributed by atoms with van der Waals surface area (Å²) in [5.41, 5.74) is -0.325. The molecule has 0 aromatic heterocycles. The molecule has 0 fully saturated rings. The molecule has 122 valence electrons. The van der Waals surface area contributed by atoms with E-state index in [1.54, 1.807) is 6.07 Å². The fourth-order valence-corrected chi connectivity index (χ4v) is 2.41. The largest absolute Gasteiger partial charge is 0.479 e. The zero-order valence-electron chi connectivity index (χ0n) is 11.9. The Bertz CT molecular complexity index is 865. The van der Waals surface area contributed by atoms with Crippen molar-refractivity contribution in [1.29, 1.82) is 5.26 Å². The van der Waals surface area contributed by atoms with E-state index in [0.29, 0.717) is 0 Å². The van der Waals surface area contributed by atoms with Crippen LogP contribution in [-0.4, -0.2) is 17.0 Å². The summed E-state index contributed by atoms with van der Waals surface area (Å²) < 4.78 is 13.8. The lowest BCUT2D eigenvalue weighted by Crippen LogP contribution is -2.34. The molecule has 1 amide bonds. The van der Waals surface area contributed by atoms with Crippen LogP contribution in [0.4, 0.5) is 4.39 Å². The average molecular weight is 367 g/mol. The lowest BCUT2D eigenvalue weighted by molar-refractivity contribution is -0.139. The Hall–Kier alpha value is -2.62. The Labute approximate surface area is 146 Å². The highest BCUT2D eigenvalue weighted by Crippen LogP contribution is 2.30. The second-order valence-corrected chi connectivity index (χ2v) is 5.48. The Kier molecular flexibility index (Phi) is 5.39. The first kappa shape index (κ1) is 17.7. The number of hydrogen-bond acceptors (Lipinski definition) is 3. The fraction of sp³-hybridized carbons (Fsp3) is 0.0625. The number of rotatable bonds is 4. The zero-order valence-corrected chi connectivity index (χ0v) is 13.4. The van der Waals surface area contributed by atoms with Crippen molar-refractivity contribution in [1.82, 2.24) is 5.32 Å². The molecule has 0 radical (unpaired) electrons. The maximum atomic E-state index is 13.8. The van der Waals surface area contributed by atoms with Gasteiger partial charge >= 0.3 is 5.97 Å². The van der Waals surface area contributed by atoms with E-state index in [4.69, 9.17) is 28.5 Å². The average Bonchev–Trinajstić information content (AvgIpc) is 2.55. The summed E-state index contributed by atoms with van der Waals surface area (Å²) >= 11 is 11.8. The highest BCUT2D eigenvalue weighted by molar-refractivity contribution is 6.42. The van der Waals surface area contributed by atoms with Gasteiger partial charge in [0.2, 0.25) is 0 Å². The first-order valence-corrected chi connectivity index (χ1v) is 7.28. The molecule has 0 aliphatic rings. The van der Waals surface area contributed by atoms with Crippen LogP contribution in [0.1, 0.15) is 27.5 Å². The number of benzene rings is 2. The fourth-order valence-electron chi connectivity index (χ4n) is 1.99. The van der Waals surface area contributed by atoms with Gasteiger partial charge in [-0.2, -0.15) is 5.26 Å². The Morgan fingerprint density at radius 2 is 1.96 bits per heavy atom. The summed E-state index contributed by atoms with van der Waals surface area (Å²) in [5.74, 6) is -3.27. The van der Waals surface area contributed by atoms with Crippen LogP contribution in [0.15, 0.2) is 36.4 Å². The molecule has 0 saturated carbocycles. The van der Waals surface area contributed by atoms with Gasteiger partial charge in [0.1, 0.15) is 5.82 Å². The van der Waals surface area contributed by atoms with Gasteiger partial charge in [0.05, 0.1) is 27.2 Å². The van der Waals surface area contributed by atoms with Crippen LogP contribution in [0.5, 0.6) is 0 Å². The highest BCUT2D eigenvalue weighted by Gasteiger charge is 2.26. The van der Waals surface area contributed by atoms with Crippen molar-refractivity contribution in [3.8, 4) is 6.07 Å². The zero-order chi connectivity index (χ0) is 17.9. The number of halogens is 3. The van der Waals surface area contributed by atoms with E-state index in [-0.39, 0.29) is 21.2 Å². The van der Waals surface area contributed by atoms with E-state index < -0.39 is 29.3 Å². The molecule has 0 aliphatic carbocycles. The van der Waals surface area contributed by atoms with E-state index in [1.165, 1.54) is 24.3 Å². The number of amides is 1. The van der Waals surface area contributed by atoms with Crippen molar-refractivity contribution in [3.63, 3.8) is 0 Å². The van der Waals surface area contributed by atoms with Crippen LogP contribution >= 0.6 is 23.2 Å². The minimum Gasteiger partial charge on any atom is -0.479 e. The van der Waals surface area contributed by atoms with Crippen LogP contribution in [0.25, 0.3) is 0 Å². The highest BCUT2D eigenvalue weighted by atomic mass is 35.5. The summed E-state index contributed by atoms with van der Waals surface area (Å²) in [6, 6.07) is 7.75. The normalized spacial score (nSPS) is 11.4. The van der Waals surface area contributed by atoms with E-state index in [2.05, 4.69) is 5.32 Å². The molecule has 2 N–H and O–H groups in total. The Balaban J connectivity index is 2.39. The van der Waals surface area contributed by atoms with Crippen molar-refractivity contribution < 1.29 is 19.1 Å². The molecule has 1 atom stereocenters. The quantitative estimate of drug-likeness (QED) is 0.865. The van der Waals surface area contributed by atoms with E-state index in [9.17, 15) is 19.1 Å². The van der Waals surface area contributed by atoms with Crippen LogP contribution < -0.4 is 5.32 Å². The van der Waals surface area contributed by atoms with Crippen molar-refractivity contribution >= 4 is 35.1 Å². The van der Waals surface area contributed by atoms with Crippen molar-refractivity contribution in [2.45, 2.75) is 6.04 Å². The van der Waals surface area contributed by atoms with Crippen LogP contribution in [-0.2, 0) is 4.79 Å². The van der Waals surface area contributed by atoms with E-state index in [0.717, 1.165) is 12.1 Å². The van der Waals surface area contributed by atoms with Gasteiger partial charge in [-0.1, -0.05) is 35.3 Å². The third kappa shape index (κ3) is 3.65. The predicted molar refractivity (Wildman–Crippen MR) is 85.4 cm³/mol. The molecule has 1 unspecified atom stereocenters. The molecule has 2 aromatic rings. The third-order valence-corrected chi connectivity index (χ3v) is 3.99. The predicted octanol–water partition coefficient (Wildman–Crippen LogP) is 3.56. The van der Waals surface area contributed by atoms with Gasteiger partial charge in [0, 0.05) is 5.56 Å². The topological polar surface area (TPSA) is 90.2 Å². The van der Waals surface area contributed by atoms with E-state index >= 15 is 0 Å². The molecule has 0 spiro atoms. The van der Waals surface area contributed by atoms with Gasteiger partial charge < -0.3 is 10.4 Å². The summed E-state index contributed by atoms with van der Waals surface area (Å²) in [5, 5.41) is 20.4. The number of nitrogens with zero attached hydrogens (tertiary/aromatic N) is 1. The first-order chi connectivity index (χ1) is 11.3. The number of aliphatic carboxylic acids is 1. The number of carbonyl (C=O) groups is 2. The van der Waals surface area contributed by atoms with Gasteiger partial charge in [-0.3, -0.25) is 4.79 Å². The van der Waals surface area contributed by atoms with Crippen molar-refractivity contribution in [3.05, 3.63) is 69.0 Å². The number of nitrogens with one attached hydrogen (secondary N) is 1. The first-order valence-electron chi connectivity index (χ1n) is 6.52. The molecule has 0 heterocycles. The minimum atomic E-state index is -1.53. The van der Waals surface area contributed by atoms with Gasteiger partial charge in [0.25, 0.3) is 5.91 Å². The smallest absolute Gasteiger partial charge is 0.330 e. The number of carboxylic acids is 1. The number of nitriles is 1. The Morgan fingerprint density at radius 3 is 2.58 bits per heavy atom. The Morgan fingerprint density at radius 1 is 1.25 bits per heavy atom. The lowest BCUT2D eigenvalue weighted by Gasteiger charge is -2.17. The minimum absolute atomic E-state index is 0.0295. The van der Waals surface area contributed by atoms with Gasteiger partial charge in [-0.05, 0) is 24.3 Å². The van der Waals surface area contributed by atoms with Gasteiger partial charge in [-0.15, -0.1) is 0 Å². The molecule has 0 aliphatic heterocycles. The van der Waals surface area contributed by atoms with Crippen LogP contribution in [0.2, 0.25) is 10.0 Å². The number of hydrogen-bond donors (Lipinski definition) is 2. The second-order valence-electron chi connectivity index (χ2n) is 4.69. The molecular weight excluding hydrogens is 358 g/mol. The van der Waals surface area contributed by atoms with Gasteiger partial charge in [-0.25, -0.2) is 9.18 Å². The summed E-state index contributed by atoms with van der Waals surface area (Å²) in [7, 11) is 0. The maximum absolute atomic E-state index is 13.8. The summed E-state index contributed by atoms with van der Waals surface area (Å²) in [6.07, 6.45) is 0. The number of carbonyl (C=O) groups excluding carboxylic acids is 1. The maximum Gasteiger partial charge on any atom is 0.330 e. The van der Waals surface area contributed by atoms with E-state index in [1.807, 2.05) is 0 Å². The molecule has 0 saturated heterocycles. The SMILES string of the molecule is N#Cc1ccc(F)c(C(=O)NC(C(=O)O)c2cccc(Cl)c2Cl)c1. The standard InChI is InChI=1S/C16H9Cl2FN2O3/c17-11-3-1-2-9(13(11)18)14(16(23)24)21-15(22)10-6-8(7-20)4-5-12(10)19/h1-6,14H,(H,21,22)(H,23,24). The third-order valence-electron chi connectivity index (χ3n) is 3.15. The lowest BCUT2D eigenvalue weighted by atomic mass is 10.1. The number of carboxylic acid groups (broad SMARTS) is 1. The molecule has 24 heavy (non-hydrogen) atoms. The molecular formula is C16H9Cl2FN2O3. The monoisotopic (exact) mass is 366 g/mol. The second kappa shape index (κ2) is 7.30. The van der Waals surface area contributed by atoms with Crippen LogP contribution in [0.3, 0.4) is 0 Å². The van der Waals surface area contributed by atoms with Crippen molar-refractivity contribution in [2.24, 2.45) is 0 Å². The molecule has 5 nitrogen and oxygen atoms in total. The van der Waals surface area contributed by atoms with Crippen molar-refractivity contribution in [2.75, 3.05) is 0 Å². The van der Waals surface area contributed by atoms with Gasteiger partial charge in [0.15, 0.2) is 6.04 Å². The molecule has 2 rings (SSSR count). The van der Waals surface area contributed by atoms with Crippen LogP contribution in [0, 0.1) is 17.1 Å². The molecule has 0 bridgehead atoms. The summed E-state index contributed by atoms with van der Waals surface area (Å²) in [4.78, 5) is 23.7. The molecule has 2 aromatic carbocycles. The molecule has 8 heteroatoms. The summed E-state index contributed by atoms with van der Waals surface area (Å²) in [6.45, 7) is 0.